The Morgan fingerprint density at radius 1 is 1.39 bits per heavy atom. The molecule has 124 valence electrons. The van der Waals surface area contributed by atoms with E-state index >= 15 is 0 Å². The minimum absolute atomic E-state index is 0. The van der Waals surface area contributed by atoms with Crippen LogP contribution in [0.15, 0.2) is 29.6 Å². The van der Waals surface area contributed by atoms with Crippen molar-refractivity contribution in [2.45, 2.75) is 19.8 Å². The highest BCUT2D eigenvalue weighted by Crippen LogP contribution is 2.19. The Balaban J connectivity index is 0.00000264. The summed E-state index contributed by atoms with van der Waals surface area (Å²) in [5.74, 6) is 5.30. The predicted molar refractivity (Wildman–Crippen MR) is 92.2 cm³/mol. The maximum atomic E-state index is 10.9. The smallest absolute Gasteiger partial charge is 0.426 e. The normalized spacial score (nSPS) is 9.83. The average Bonchev–Trinajstić information content (AvgIpc) is 2.91. The van der Waals surface area contributed by atoms with E-state index < -0.39 is 6.09 Å². The summed E-state index contributed by atoms with van der Waals surface area (Å²) in [6, 6.07) is 7.03. The van der Waals surface area contributed by atoms with Gasteiger partial charge in [-0.25, -0.2) is 20.6 Å². The molecular formula is C14H17ClN4O3S. The number of anilines is 2. The molecule has 4 N–H and O–H groups in total. The molecule has 23 heavy (non-hydrogen) atoms. The standard InChI is InChI=1S/C14H16N4O3S.ClH/c1-9(19)16-13-17-11(8-22-13)6-5-10-3-2-4-12(7-10)18(15)14(20)21;/h2-4,7-8H,5-6,15H2,1H3,(H,20,21)(H,16,17,19);1H. The largest absolute Gasteiger partial charge is 0.464 e. The average molecular weight is 357 g/mol. The molecule has 0 radical (unpaired) electrons. The summed E-state index contributed by atoms with van der Waals surface area (Å²) < 4.78 is 0. The highest BCUT2D eigenvalue weighted by molar-refractivity contribution is 7.13. The fourth-order valence-corrected chi connectivity index (χ4v) is 2.67. The van der Waals surface area contributed by atoms with Crippen molar-refractivity contribution in [1.29, 1.82) is 0 Å². The first-order chi connectivity index (χ1) is 10.5. The van der Waals surface area contributed by atoms with Crippen LogP contribution in [-0.4, -0.2) is 22.1 Å². The number of hydrogen-bond donors (Lipinski definition) is 3. The van der Waals surface area contributed by atoms with Crippen LogP contribution in [0.25, 0.3) is 0 Å². The number of halogens is 1. The molecule has 0 atom stereocenters. The number of nitrogens with two attached hydrogens (primary N) is 1. The first kappa shape index (κ1) is 18.9. The van der Waals surface area contributed by atoms with Crippen molar-refractivity contribution in [3.05, 3.63) is 40.9 Å². The lowest BCUT2D eigenvalue weighted by atomic mass is 10.1. The van der Waals surface area contributed by atoms with Crippen LogP contribution < -0.4 is 16.2 Å². The maximum absolute atomic E-state index is 10.9. The molecular weight excluding hydrogens is 340 g/mol. The number of aryl methyl sites for hydroxylation is 2. The fraction of sp³-hybridized carbons (Fsp3) is 0.214. The van der Waals surface area contributed by atoms with Gasteiger partial charge in [-0.1, -0.05) is 12.1 Å². The van der Waals surface area contributed by atoms with Crippen LogP contribution >= 0.6 is 23.7 Å². The third-order valence-corrected chi connectivity index (χ3v) is 3.71. The Hall–Kier alpha value is -2.16. The van der Waals surface area contributed by atoms with Crippen molar-refractivity contribution in [3.8, 4) is 0 Å². The van der Waals surface area contributed by atoms with Gasteiger partial charge < -0.3 is 10.4 Å². The Labute approximate surface area is 143 Å². The molecule has 1 aromatic carbocycles. The number of nitrogens with one attached hydrogen (secondary N) is 1. The van der Waals surface area contributed by atoms with E-state index in [0.717, 1.165) is 11.3 Å². The highest BCUT2D eigenvalue weighted by atomic mass is 35.5. The second-order valence-corrected chi connectivity index (χ2v) is 5.51. The molecule has 0 aliphatic rings. The van der Waals surface area contributed by atoms with Gasteiger partial charge in [-0.15, -0.1) is 23.7 Å². The minimum atomic E-state index is -1.21. The number of rotatable bonds is 5. The van der Waals surface area contributed by atoms with Gasteiger partial charge in [0, 0.05) is 12.3 Å². The third kappa shape index (κ3) is 5.51. The van der Waals surface area contributed by atoms with Crippen molar-refractivity contribution < 1.29 is 14.7 Å². The van der Waals surface area contributed by atoms with Crippen LogP contribution in [-0.2, 0) is 17.6 Å². The van der Waals surface area contributed by atoms with Crippen LogP contribution in [0.2, 0.25) is 0 Å². The van der Waals surface area contributed by atoms with E-state index in [1.807, 2.05) is 11.4 Å². The molecule has 7 nitrogen and oxygen atoms in total. The first-order valence-corrected chi connectivity index (χ1v) is 7.42. The third-order valence-electron chi connectivity index (χ3n) is 2.90. The van der Waals surface area contributed by atoms with Crippen molar-refractivity contribution in [2.24, 2.45) is 5.84 Å². The van der Waals surface area contributed by atoms with Crippen molar-refractivity contribution >= 4 is 46.6 Å². The lowest BCUT2D eigenvalue weighted by Crippen LogP contribution is -2.36. The first-order valence-electron chi connectivity index (χ1n) is 6.54. The summed E-state index contributed by atoms with van der Waals surface area (Å²) in [5.41, 5.74) is 2.26. The van der Waals surface area contributed by atoms with E-state index in [9.17, 15) is 9.59 Å². The van der Waals surface area contributed by atoms with Crippen molar-refractivity contribution in [1.82, 2.24) is 4.98 Å². The molecule has 1 heterocycles. The van der Waals surface area contributed by atoms with Crippen LogP contribution in [0, 0.1) is 0 Å². The van der Waals surface area contributed by atoms with Gasteiger partial charge in [0.25, 0.3) is 0 Å². The molecule has 9 heteroatoms. The lowest BCUT2D eigenvalue weighted by Gasteiger charge is -2.13. The molecule has 0 fully saturated rings. The summed E-state index contributed by atoms with van der Waals surface area (Å²) in [7, 11) is 0. The Morgan fingerprint density at radius 3 is 2.78 bits per heavy atom. The summed E-state index contributed by atoms with van der Waals surface area (Å²) in [4.78, 5) is 26.1. The van der Waals surface area contributed by atoms with Gasteiger partial charge in [-0.2, -0.15) is 0 Å². The second-order valence-electron chi connectivity index (χ2n) is 4.65. The van der Waals surface area contributed by atoms with Crippen LogP contribution in [0.4, 0.5) is 15.6 Å². The van der Waals surface area contributed by atoms with Gasteiger partial charge in [-0.05, 0) is 30.5 Å². The topological polar surface area (TPSA) is 109 Å². The number of nitrogens with zero attached hydrogens (tertiary/aromatic N) is 2. The summed E-state index contributed by atoms with van der Waals surface area (Å²) >= 11 is 1.38. The predicted octanol–water partition coefficient (Wildman–Crippen LogP) is 2.67. The van der Waals surface area contributed by atoms with E-state index in [2.05, 4.69) is 10.3 Å². The molecule has 0 saturated heterocycles. The molecule has 2 rings (SSSR count). The van der Waals surface area contributed by atoms with E-state index in [-0.39, 0.29) is 18.3 Å². The Bertz CT molecular complexity index is 692. The number of carbonyl (C=O) groups excluding carboxylic acids is 1. The van der Waals surface area contributed by atoms with E-state index in [0.29, 0.717) is 28.7 Å². The highest BCUT2D eigenvalue weighted by Gasteiger charge is 2.10. The number of amides is 2. The quantitative estimate of drug-likeness (QED) is 0.433. The van der Waals surface area contributed by atoms with E-state index in [4.69, 9.17) is 10.9 Å². The molecule has 0 saturated carbocycles. The van der Waals surface area contributed by atoms with Gasteiger partial charge in [0.2, 0.25) is 5.91 Å². The molecule has 0 unspecified atom stereocenters. The second kappa shape index (κ2) is 8.47. The molecule has 0 spiro atoms. The number of aromatic nitrogens is 1. The van der Waals surface area contributed by atoms with Gasteiger partial charge in [0.1, 0.15) is 0 Å². The number of thiazole rings is 1. The van der Waals surface area contributed by atoms with Gasteiger partial charge >= 0.3 is 6.09 Å². The Kier molecular flexibility index (Phi) is 6.95. The van der Waals surface area contributed by atoms with Crippen LogP contribution in [0.5, 0.6) is 0 Å². The van der Waals surface area contributed by atoms with Crippen LogP contribution in [0.1, 0.15) is 18.2 Å². The molecule has 2 aromatic rings. The summed E-state index contributed by atoms with van der Waals surface area (Å²) in [6.45, 7) is 1.44. The van der Waals surface area contributed by atoms with E-state index in [1.165, 1.54) is 18.3 Å². The monoisotopic (exact) mass is 356 g/mol. The SMILES string of the molecule is CC(=O)Nc1nc(CCc2cccc(N(N)C(=O)O)c2)cs1.Cl. The summed E-state index contributed by atoms with van der Waals surface area (Å²) in [6.07, 6.45) is 0.179. The zero-order valence-corrected chi connectivity index (χ0v) is 14.0. The van der Waals surface area contributed by atoms with Gasteiger partial charge in [0.05, 0.1) is 11.4 Å². The number of hydrazine groups is 1. The summed E-state index contributed by atoms with van der Waals surface area (Å²) in [5, 5.41) is 14.7. The minimum Gasteiger partial charge on any atom is -0.464 e. The van der Waals surface area contributed by atoms with Gasteiger partial charge in [-0.3, -0.25) is 4.79 Å². The number of benzene rings is 1. The molecule has 0 aliphatic carbocycles. The fourth-order valence-electron chi connectivity index (χ4n) is 1.87. The van der Waals surface area contributed by atoms with E-state index in [1.54, 1.807) is 18.2 Å². The zero-order chi connectivity index (χ0) is 16.1. The molecule has 2 amide bonds. The lowest BCUT2D eigenvalue weighted by molar-refractivity contribution is -0.114. The van der Waals surface area contributed by atoms with Gasteiger partial charge in [0.15, 0.2) is 5.13 Å². The van der Waals surface area contributed by atoms with Crippen molar-refractivity contribution in [3.63, 3.8) is 0 Å². The number of hydrogen-bond acceptors (Lipinski definition) is 5. The number of carboxylic acid groups (broad SMARTS) is 1. The van der Waals surface area contributed by atoms with Crippen LogP contribution in [0.3, 0.4) is 0 Å². The maximum Gasteiger partial charge on any atom is 0.426 e. The molecule has 1 aromatic heterocycles. The molecule has 0 bridgehead atoms. The Morgan fingerprint density at radius 2 is 2.13 bits per heavy atom. The number of carbonyl (C=O) groups is 2. The molecule has 0 aliphatic heterocycles. The van der Waals surface area contributed by atoms with Crippen molar-refractivity contribution in [2.75, 3.05) is 10.3 Å². The zero-order valence-electron chi connectivity index (χ0n) is 12.4.